The predicted octanol–water partition coefficient (Wildman–Crippen LogP) is 3.58. The first kappa shape index (κ1) is 13.8. The molecule has 0 saturated heterocycles. The zero-order chi connectivity index (χ0) is 12.4. The third-order valence-corrected chi connectivity index (χ3v) is 3.59. The van der Waals surface area contributed by atoms with Gasteiger partial charge in [0.15, 0.2) is 5.01 Å². The van der Waals surface area contributed by atoms with E-state index in [0.29, 0.717) is 0 Å². The number of hydrogen-bond acceptors (Lipinski definition) is 4. The van der Waals surface area contributed by atoms with E-state index in [2.05, 4.69) is 10.2 Å². The van der Waals surface area contributed by atoms with Crippen LogP contribution in [0.25, 0.3) is 21.1 Å². The maximum atomic E-state index is 9.78. The second kappa shape index (κ2) is 6.04. The summed E-state index contributed by atoms with van der Waals surface area (Å²) in [5, 5.41) is 19.7. The fourth-order valence-electron chi connectivity index (χ4n) is 1.68. The summed E-state index contributed by atoms with van der Waals surface area (Å²) in [6.07, 6.45) is 0. The van der Waals surface area contributed by atoms with Crippen LogP contribution < -0.4 is 0 Å². The summed E-state index contributed by atoms with van der Waals surface area (Å²) in [6, 6.07) is 17.0. The van der Waals surface area contributed by atoms with E-state index in [0.717, 1.165) is 21.1 Å². The quantitative estimate of drug-likeness (QED) is 0.734. The van der Waals surface area contributed by atoms with E-state index < -0.39 is 0 Å². The van der Waals surface area contributed by atoms with Gasteiger partial charge in [0.1, 0.15) is 10.8 Å². The van der Waals surface area contributed by atoms with E-state index in [1.807, 2.05) is 42.5 Å². The van der Waals surface area contributed by atoms with Gasteiger partial charge in [0, 0.05) is 25.0 Å². The summed E-state index contributed by atoms with van der Waals surface area (Å²) in [5.41, 5.74) is 1.76. The van der Waals surface area contributed by atoms with E-state index in [1.165, 1.54) is 11.3 Å². The number of hydrogen-bond donors (Lipinski definition) is 1. The molecule has 0 unspecified atom stereocenters. The van der Waals surface area contributed by atoms with Crippen molar-refractivity contribution in [1.29, 1.82) is 0 Å². The van der Waals surface area contributed by atoms with Gasteiger partial charge in [-0.15, -0.1) is 10.2 Å². The monoisotopic (exact) mass is 318 g/mol. The third kappa shape index (κ3) is 2.88. The molecular formula is C14H10N2OSZn. The minimum atomic E-state index is 0. The average Bonchev–Trinajstić information content (AvgIpc) is 2.90. The molecule has 0 saturated carbocycles. The van der Waals surface area contributed by atoms with Gasteiger partial charge in [-0.25, -0.2) is 0 Å². The molecule has 5 heteroatoms. The summed E-state index contributed by atoms with van der Waals surface area (Å²) in [6.45, 7) is 0. The van der Waals surface area contributed by atoms with Gasteiger partial charge in [-0.2, -0.15) is 0 Å². The van der Waals surface area contributed by atoms with Crippen LogP contribution in [0.5, 0.6) is 5.75 Å². The SMILES string of the molecule is Oc1ccccc1-c1nnc(-c2ccccc2)s1.[Zn]. The van der Waals surface area contributed by atoms with Crippen molar-refractivity contribution in [3.05, 3.63) is 54.6 Å². The molecule has 90 valence electrons. The summed E-state index contributed by atoms with van der Waals surface area (Å²) in [5.74, 6) is 0.230. The van der Waals surface area contributed by atoms with E-state index >= 15 is 0 Å². The Morgan fingerprint density at radius 2 is 1.42 bits per heavy atom. The van der Waals surface area contributed by atoms with Gasteiger partial charge in [0.05, 0.1) is 5.56 Å². The number of para-hydroxylation sites is 1. The molecule has 3 nitrogen and oxygen atoms in total. The van der Waals surface area contributed by atoms with Crippen LogP contribution in [0, 0.1) is 0 Å². The molecule has 0 aliphatic carbocycles. The van der Waals surface area contributed by atoms with Crippen molar-refractivity contribution in [3.63, 3.8) is 0 Å². The molecule has 0 spiro atoms. The molecule has 3 rings (SSSR count). The largest absolute Gasteiger partial charge is 0.507 e. The van der Waals surface area contributed by atoms with Crippen molar-refractivity contribution in [2.24, 2.45) is 0 Å². The number of aromatic nitrogens is 2. The zero-order valence-electron chi connectivity index (χ0n) is 10.2. The molecule has 3 aromatic rings. The second-order valence-electron chi connectivity index (χ2n) is 3.80. The number of rotatable bonds is 2. The third-order valence-electron chi connectivity index (χ3n) is 2.58. The molecule has 0 atom stereocenters. The van der Waals surface area contributed by atoms with Crippen molar-refractivity contribution in [2.75, 3.05) is 0 Å². The molecule has 2 aromatic carbocycles. The number of benzene rings is 2. The Kier molecular flexibility index (Phi) is 4.40. The molecule has 0 bridgehead atoms. The number of aromatic hydroxyl groups is 1. The Balaban J connectivity index is 0.00000133. The Morgan fingerprint density at radius 3 is 2.16 bits per heavy atom. The minimum absolute atomic E-state index is 0. The molecule has 0 aliphatic heterocycles. The smallest absolute Gasteiger partial charge is 0.151 e. The molecule has 1 aromatic heterocycles. The van der Waals surface area contributed by atoms with E-state index in [-0.39, 0.29) is 25.2 Å². The molecule has 19 heavy (non-hydrogen) atoms. The van der Waals surface area contributed by atoms with Gasteiger partial charge >= 0.3 is 0 Å². The van der Waals surface area contributed by atoms with Crippen LogP contribution in [-0.4, -0.2) is 15.3 Å². The van der Waals surface area contributed by atoms with E-state index in [9.17, 15) is 5.11 Å². The first-order chi connectivity index (χ1) is 8.84. The maximum absolute atomic E-state index is 9.78. The Labute approximate surface area is 127 Å². The second-order valence-corrected chi connectivity index (χ2v) is 4.77. The number of nitrogens with zero attached hydrogens (tertiary/aromatic N) is 2. The van der Waals surface area contributed by atoms with Crippen molar-refractivity contribution >= 4 is 11.3 Å². The van der Waals surface area contributed by atoms with Gasteiger partial charge in [-0.1, -0.05) is 53.8 Å². The fourth-order valence-corrected chi connectivity index (χ4v) is 2.57. The van der Waals surface area contributed by atoms with Gasteiger partial charge in [-0.3, -0.25) is 0 Å². The van der Waals surface area contributed by atoms with Crippen molar-refractivity contribution in [1.82, 2.24) is 10.2 Å². The van der Waals surface area contributed by atoms with Gasteiger partial charge in [-0.05, 0) is 12.1 Å². The van der Waals surface area contributed by atoms with E-state index in [4.69, 9.17) is 0 Å². The molecule has 1 N–H and O–H groups in total. The Bertz CT molecular complexity index is 670. The molecule has 0 aliphatic rings. The van der Waals surface area contributed by atoms with Crippen molar-refractivity contribution < 1.29 is 24.6 Å². The van der Waals surface area contributed by atoms with Crippen LogP contribution in [0.3, 0.4) is 0 Å². The summed E-state index contributed by atoms with van der Waals surface area (Å²) < 4.78 is 0. The maximum Gasteiger partial charge on any atom is 0.151 e. The van der Waals surface area contributed by atoms with Gasteiger partial charge in [0.25, 0.3) is 0 Å². The zero-order valence-corrected chi connectivity index (χ0v) is 13.9. The van der Waals surface area contributed by atoms with Crippen molar-refractivity contribution in [2.45, 2.75) is 0 Å². The first-order valence-corrected chi connectivity index (χ1v) is 6.33. The van der Waals surface area contributed by atoms with E-state index in [1.54, 1.807) is 12.1 Å². The topological polar surface area (TPSA) is 46.0 Å². The van der Waals surface area contributed by atoms with Crippen LogP contribution in [0.4, 0.5) is 0 Å². The Hall–Kier alpha value is -1.58. The molecule has 0 fully saturated rings. The normalized spacial score (nSPS) is 9.89. The van der Waals surface area contributed by atoms with Crippen LogP contribution in [0.1, 0.15) is 0 Å². The average molecular weight is 320 g/mol. The number of phenolic OH excluding ortho intramolecular Hbond substituents is 1. The predicted molar refractivity (Wildman–Crippen MR) is 72.4 cm³/mol. The standard InChI is InChI=1S/C14H10N2OS.Zn/c17-12-9-5-4-8-11(12)14-16-15-13(18-14)10-6-2-1-3-7-10;/h1-9,17H;. The Morgan fingerprint density at radius 1 is 0.789 bits per heavy atom. The molecular weight excluding hydrogens is 310 g/mol. The van der Waals surface area contributed by atoms with Crippen LogP contribution in [0.2, 0.25) is 0 Å². The number of phenols is 1. The summed E-state index contributed by atoms with van der Waals surface area (Å²) >= 11 is 1.47. The molecule has 0 amide bonds. The van der Waals surface area contributed by atoms with Crippen molar-refractivity contribution in [3.8, 4) is 26.9 Å². The summed E-state index contributed by atoms with van der Waals surface area (Å²) in [4.78, 5) is 0. The fraction of sp³-hybridized carbons (Fsp3) is 0. The van der Waals surface area contributed by atoms with Gasteiger partial charge in [0.2, 0.25) is 0 Å². The molecule has 0 radical (unpaired) electrons. The van der Waals surface area contributed by atoms with Gasteiger partial charge < -0.3 is 5.11 Å². The molecule has 1 heterocycles. The van der Waals surface area contributed by atoms with Crippen LogP contribution in [0.15, 0.2) is 54.6 Å². The van der Waals surface area contributed by atoms with Crippen LogP contribution >= 0.6 is 11.3 Å². The van der Waals surface area contributed by atoms with Crippen LogP contribution in [-0.2, 0) is 19.5 Å². The first-order valence-electron chi connectivity index (χ1n) is 5.52. The summed E-state index contributed by atoms with van der Waals surface area (Å²) in [7, 11) is 0. The minimum Gasteiger partial charge on any atom is -0.507 e.